The average Bonchev–Trinajstić information content (AvgIpc) is 2.49. The molecule has 0 radical (unpaired) electrons. The van der Waals surface area contributed by atoms with E-state index in [4.69, 9.17) is 9.84 Å². The van der Waals surface area contributed by atoms with Gasteiger partial charge in [0, 0.05) is 0 Å². The minimum atomic E-state index is -3.91. The number of sulfonamides is 1. The number of phenolic OH excluding ortho intramolecular Hbond substituents is 1. The van der Waals surface area contributed by atoms with E-state index in [1.54, 1.807) is 0 Å². The van der Waals surface area contributed by atoms with Crippen molar-refractivity contribution in [3.05, 3.63) is 48.0 Å². The van der Waals surface area contributed by atoms with Crippen LogP contribution in [0.3, 0.4) is 0 Å². The first-order valence-electron chi connectivity index (χ1n) is 6.06. The first kappa shape index (κ1) is 15.6. The van der Waals surface area contributed by atoms with Gasteiger partial charge in [-0.15, -0.1) is 0 Å². The summed E-state index contributed by atoms with van der Waals surface area (Å²) in [6, 6.07) is 9.01. The molecule has 0 spiro atoms. The molecule has 0 saturated carbocycles. The van der Waals surface area contributed by atoms with Crippen LogP contribution in [0.15, 0.2) is 47.4 Å². The normalized spacial score (nSPS) is 11.0. The number of aromatic carboxylic acids is 1. The van der Waals surface area contributed by atoms with E-state index in [0.717, 1.165) is 6.07 Å². The van der Waals surface area contributed by atoms with Gasteiger partial charge in [0.05, 0.1) is 23.3 Å². The van der Waals surface area contributed by atoms with E-state index < -0.39 is 21.7 Å². The minimum Gasteiger partial charge on any atom is -0.506 e. The summed E-state index contributed by atoms with van der Waals surface area (Å²) in [7, 11) is -2.44. The van der Waals surface area contributed by atoms with E-state index in [-0.39, 0.29) is 16.1 Å². The third-order valence-electron chi connectivity index (χ3n) is 2.86. The summed E-state index contributed by atoms with van der Waals surface area (Å²) < 4.78 is 31.5. The smallest absolute Gasteiger partial charge is 0.335 e. The summed E-state index contributed by atoms with van der Waals surface area (Å²) in [6.45, 7) is 0. The predicted octanol–water partition coefficient (Wildman–Crippen LogP) is 1.90. The standard InChI is InChI=1S/C14H13NO6S/c1-21-10-3-5-11(6-4-10)22(19,20)15-12-7-2-9(14(17)18)8-13(12)16/h2-8,15-16H,1H3,(H,17,18). The average molecular weight is 323 g/mol. The third kappa shape index (κ3) is 3.29. The van der Waals surface area contributed by atoms with Gasteiger partial charge in [-0.1, -0.05) is 0 Å². The molecule has 0 amide bonds. The Morgan fingerprint density at radius 3 is 2.27 bits per heavy atom. The highest BCUT2D eigenvalue weighted by Crippen LogP contribution is 2.27. The molecule has 0 bridgehead atoms. The lowest BCUT2D eigenvalue weighted by atomic mass is 10.2. The Morgan fingerprint density at radius 1 is 1.14 bits per heavy atom. The largest absolute Gasteiger partial charge is 0.506 e. The number of nitrogens with one attached hydrogen (secondary N) is 1. The molecule has 0 heterocycles. The molecule has 0 atom stereocenters. The Morgan fingerprint density at radius 2 is 1.77 bits per heavy atom. The van der Waals surface area contributed by atoms with Gasteiger partial charge >= 0.3 is 5.97 Å². The summed E-state index contributed by atoms with van der Waals surface area (Å²) >= 11 is 0. The fourth-order valence-corrected chi connectivity index (χ4v) is 2.78. The van der Waals surface area contributed by atoms with Gasteiger partial charge in [-0.3, -0.25) is 4.72 Å². The molecule has 2 aromatic rings. The Balaban J connectivity index is 2.30. The fourth-order valence-electron chi connectivity index (χ4n) is 1.71. The van der Waals surface area contributed by atoms with Crippen LogP contribution in [0.1, 0.15) is 10.4 Å². The molecule has 0 saturated heterocycles. The van der Waals surface area contributed by atoms with Gasteiger partial charge in [0.1, 0.15) is 11.5 Å². The molecule has 7 nitrogen and oxygen atoms in total. The SMILES string of the molecule is COc1ccc(S(=O)(=O)Nc2ccc(C(=O)O)cc2O)cc1. The molecular weight excluding hydrogens is 310 g/mol. The van der Waals surface area contributed by atoms with E-state index in [2.05, 4.69) is 4.72 Å². The minimum absolute atomic E-state index is 0.0185. The lowest BCUT2D eigenvalue weighted by Crippen LogP contribution is -2.13. The molecule has 116 valence electrons. The van der Waals surface area contributed by atoms with Crippen LogP contribution in [0.25, 0.3) is 0 Å². The number of phenols is 1. The maximum atomic E-state index is 12.2. The zero-order chi connectivity index (χ0) is 16.3. The van der Waals surface area contributed by atoms with Crippen molar-refractivity contribution in [2.45, 2.75) is 4.90 Å². The van der Waals surface area contributed by atoms with Crippen molar-refractivity contribution in [3.8, 4) is 11.5 Å². The van der Waals surface area contributed by atoms with Crippen molar-refractivity contribution in [1.82, 2.24) is 0 Å². The van der Waals surface area contributed by atoms with E-state index in [9.17, 15) is 18.3 Å². The third-order valence-corrected chi connectivity index (χ3v) is 4.24. The van der Waals surface area contributed by atoms with Crippen LogP contribution in [-0.4, -0.2) is 31.7 Å². The van der Waals surface area contributed by atoms with Gasteiger partial charge in [-0.25, -0.2) is 13.2 Å². The van der Waals surface area contributed by atoms with E-state index in [1.807, 2.05) is 0 Å². The molecule has 2 rings (SSSR count). The molecule has 0 unspecified atom stereocenters. The Kier molecular flexibility index (Phi) is 4.22. The van der Waals surface area contributed by atoms with Crippen LogP contribution in [0, 0.1) is 0 Å². The second kappa shape index (κ2) is 5.94. The van der Waals surface area contributed by atoms with Crippen LogP contribution < -0.4 is 9.46 Å². The van der Waals surface area contributed by atoms with Crippen LogP contribution in [0.2, 0.25) is 0 Å². The van der Waals surface area contributed by atoms with Crippen molar-refractivity contribution in [1.29, 1.82) is 0 Å². The number of ether oxygens (including phenoxy) is 1. The van der Waals surface area contributed by atoms with Crippen LogP contribution >= 0.6 is 0 Å². The summed E-state index contributed by atoms with van der Waals surface area (Å²) in [4.78, 5) is 10.8. The topological polar surface area (TPSA) is 113 Å². The summed E-state index contributed by atoms with van der Waals surface area (Å²) in [5.41, 5.74) is -0.259. The van der Waals surface area contributed by atoms with Crippen molar-refractivity contribution in [2.75, 3.05) is 11.8 Å². The molecule has 22 heavy (non-hydrogen) atoms. The number of carboxylic acid groups (broad SMARTS) is 1. The van der Waals surface area contributed by atoms with Gasteiger partial charge in [0.25, 0.3) is 10.0 Å². The number of hydrogen-bond acceptors (Lipinski definition) is 5. The van der Waals surface area contributed by atoms with E-state index >= 15 is 0 Å². The first-order chi connectivity index (χ1) is 10.3. The first-order valence-corrected chi connectivity index (χ1v) is 7.55. The van der Waals surface area contributed by atoms with Crippen LogP contribution in [0.4, 0.5) is 5.69 Å². The Hall–Kier alpha value is -2.74. The van der Waals surface area contributed by atoms with Gasteiger partial charge in [0.15, 0.2) is 0 Å². The highest BCUT2D eigenvalue weighted by Gasteiger charge is 2.17. The van der Waals surface area contributed by atoms with Gasteiger partial charge in [0.2, 0.25) is 0 Å². The number of carbonyl (C=O) groups is 1. The Labute approximate surface area is 126 Å². The van der Waals surface area contributed by atoms with Crippen molar-refractivity contribution in [2.24, 2.45) is 0 Å². The summed E-state index contributed by atoms with van der Waals surface area (Å²) in [5, 5.41) is 18.5. The molecule has 2 aromatic carbocycles. The molecule has 8 heteroatoms. The molecule has 0 aliphatic rings. The molecule has 0 aliphatic heterocycles. The van der Waals surface area contributed by atoms with Crippen molar-refractivity contribution in [3.63, 3.8) is 0 Å². The lowest BCUT2D eigenvalue weighted by molar-refractivity contribution is 0.0696. The van der Waals surface area contributed by atoms with Gasteiger partial charge in [-0.2, -0.15) is 0 Å². The van der Waals surface area contributed by atoms with E-state index in [0.29, 0.717) is 5.75 Å². The maximum Gasteiger partial charge on any atom is 0.335 e. The number of hydrogen-bond donors (Lipinski definition) is 3. The van der Waals surface area contributed by atoms with Crippen molar-refractivity contribution < 1.29 is 28.2 Å². The van der Waals surface area contributed by atoms with E-state index in [1.165, 1.54) is 43.5 Å². The fraction of sp³-hybridized carbons (Fsp3) is 0.0714. The second-order valence-corrected chi connectivity index (χ2v) is 6.00. The second-order valence-electron chi connectivity index (χ2n) is 4.32. The molecule has 0 aromatic heterocycles. The Bertz CT molecular complexity index is 799. The van der Waals surface area contributed by atoms with Crippen LogP contribution in [0.5, 0.6) is 11.5 Å². The highest BCUT2D eigenvalue weighted by molar-refractivity contribution is 7.92. The maximum absolute atomic E-state index is 12.2. The molecule has 3 N–H and O–H groups in total. The number of methoxy groups -OCH3 is 1. The number of benzene rings is 2. The zero-order valence-corrected chi connectivity index (χ0v) is 12.3. The predicted molar refractivity (Wildman–Crippen MR) is 78.9 cm³/mol. The number of anilines is 1. The zero-order valence-electron chi connectivity index (χ0n) is 11.5. The van der Waals surface area contributed by atoms with Crippen molar-refractivity contribution >= 4 is 21.7 Å². The lowest BCUT2D eigenvalue weighted by Gasteiger charge is -2.10. The summed E-state index contributed by atoms with van der Waals surface area (Å²) in [6.07, 6.45) is 0. The summed E-state index contributed by atoms with van der Waals surface area (Å²) in [5.74, 6) is -1.19. The number of rotatable bonds is 5. The highest BCUT2D eigenvalue weighted by atomic mass is 32.2. The van der Waals surface area contributed by atoms with Crippen LogP contribution in [-0.2, 0) is 10.0 Å². The molecular formula is C14H13NO6S. The number of carboxylic acids is 1. The van der Waals surface area contributed by atoms with Gasteiger partial charge < -0.3 is 14.9 Å². The number of aromatic hydroxyl groups is 1. The van der Waals surface area contributed by atoms with Gasteiger partial charge in [-0.05, 0) is 42.5 Å². The molecule has 0 aliphatic carbocycles. The monoisotopic (exact) mass is 323 g/mol. The quantitative estimate of drug-likeness (QED) is 0.724. The molecule has 0 fully saturated rings.